The number of carbonyl (C=O) groups is 1. The Morgan fingerprint density at radius 2 is 1.67 bits per heavy atom. The molecule has 1 heterocycles. The Labute approximate surface area is 206 Å². The van der Waals surface area contributed by atoms with Crippen molar-refractivity contribution in [3.05, 3.63) is 107 Å². The molecule has 0 aromatic heterocycles. The zero-order valence-corrected chi connectivity index (χ0v) is 19.6. The van der Waals surface area contributed by atoms with Gasteiger partial charge in [-0.3, -0.25) is 9.69 Å². The average molecular weight is 495 g/mol. The van der Waals surface area contributed by atoms with Gasteiger partial charge in [-0.05, 0) is 47.9 Å². The van der Waals surface area contributed by atoms with Crippen molar-refractivity contribution in [2.75, 3.05) is 19.1 Å². The van der Waals surface area contributed by atoms with Crippen molar-refractivity contribution in [1.82, 2.24) is 0 Å². The summed E-state index contributed by atoms with van der Waals surface area (Å²) in [6.07, 6.45) is -0.740. The Hall–Kier alpha value is -4.20. The molecule has 0 radical (unpaired) electrons. The molecular formula is C28H24F3NO4. The maximum absolute atomic E-state index is 13.4. The van der Waals surface area contributed by atoms with E-state index in [-0.39, 0.29) is 12.1 Å². The van der Waals surface area contributed by atoms with E-state index < -0.39 is 29.4 Å². The van der Waals surface area contributed by atoms with Crippen LogP contribution < -0.4 is 14.4 Å². The summed E-state index contributed by atoms with van der Waals surface area (Å²) in [4.78, 5) is 14.4. The van der Waals surface area contributed by atoms with E-state index in [4.69, 9.17) is 9.47 Å². The fraction of sp³-hybridized carbons (Fsp3) is 0.179. The zero-order chi connectivity index (χ0) is 25.9. The number of aliphatic hydroxyl groups excluding tert-OH is 1. The summed E-state index contributed by atoms with van der Waals surface area (Å²) >= 11 is 0. The number of benzene rings is 3. The summed E-state index contributed by atoms with van der Waals surface area (Å²) in [5, 5.41) is 10.9. The van der Waals surface area contributed by atoms with Crippen molar-refractivity contribution >= 4 is 17.7 Å². The van der Waals surface area contributed by atoms with E-state index >= 15 is 0 Å². The molecule has 5 nitrogen and oxygen atoms in total. The van der Waals surface area contributed by atoms with Crippen molar-refractivity contribution in [1.29, 1.82) is 0 Å². The Morgan fingerprint density at radius 1 is 0.944 bits per heavy atom. The van der Waals surface area contributed by atoms with E-state index in [1.165, 1.54) is 31.3 Å². The molecule has 1 aliphatic rings. The molecule has 36 heavy (non-hydrogen) atoms. The number of anilines is 1. The van der Waals surface area contributed by atoms with E-state index in [1.807, 2.05) is 36.4 Å². The minimum atomic E-state index is -4.59. The number of hydrogen-bond donors (Lipinski definition) is 1. The minimum Gasteiger partial charge on any atom is -0.503 e. The highest BCUT2D eigenvalue weighted by Crippen LogP contribution is 2.45. The molecule has 1 unspecified atom stereocenters. The third-order valence-corrected chi connectivity index (χ3v) is 5.94. The van der Waals surface area contributed by atoms with Crippen LogP contribution in [0.4, 0.5) is 18.9 Å². The fourth-order valence-electron chi connectivity index (χ4n) is 4.22. The molecule has 0 fully saturated rings. The second-order valence-corrected chi connectivity index (χ2v) is 8.13. The number of ether oxygens (including phenoxy) is 2. The predicted molar refractivity (Wildman–Crippen MR) is 131 cm³/mol. The molecule has 1 amide bonds. The van der Waals surface area contributed by atoms with Crippen molar-refractivity contribution in [3.8, 4) is 11.5 Å². The van der Waals surface area contributed by atoms with E-state index in [0.717, 1.165) is 17.7 Å². The highest BCUT2D eigenvalue weighted by Gasteiger charge is 2.42. The molecule has 0 spiro atoms. The van der Waals surface area contributed by atoms with Gasteiger partial charge in [0.15, 0.2) is 17.3 Å². The standard InChI is InChI=1S/C28H24F3NO4/c1-35-23-15-14-19(16-24(23)36-2)25-22(13-6-10-18-8-4-3-5-9-18)26(33)27(34)32(25)21-12-7-11-20(17-21)28(29,30)31/h3-12,14-17,25,33H,13H2,1-2H3. The van der Waals surface area contributed by atoms with Crippen molar-refractivity contribution in [2.45, 2.75) is 18.6 Å². The first-order chi connectivity index (χ1) is 17.2. The maximum atomic E-state index is 13.4. The molecule has 1 aliphatic heterocycles. The van der Waals surface area contributed by atoms with Gasteiger partial charge in [0.2, 0.25) is 0 Å². The number of methoxy groups -OCH3 is 2. The summed E-state index contributed by atoms with van der Waals surface area (Å²) in [7, 11) is 2.94. The number of aliphatic hydroxyl groups is 1. The number of rotatable bonds is 7. The van der Waals surface area contributed by atoms with Crippen LogP contribution in [0.5, 0.6) is 11.5 Å². The van der Waals surface area contributed by atoms with Gasteiger partial charge >= 0.3 is 6.18 Å². The molecule has 0 saturated heterocycles. The first-order valence-corrected chi connectivity index (χ1v) is 11.1. The summed E-state index contributed by atoms with van der Waals surface area (Å²) in [5.74, 6) is -0.436. The monoisotopic (exact) mass is 495 g/mol. The smallest absolute Gasteiger partial charge is 0.416 e. The number of carbonyl (C=O) groups excluding carboxylic acids is 1. The molecule has 3 aromatic carbocycles. The van der Waals surface area contributed by atoms with Crippen molar-refractivity contribution in [3.63, 3.8) is 0 Å². The summed E-state index contributed by atoms with van der Waals surface area (Å²) in [5.41, 5.74) is 0.959. The highest BCUT2D eigenvalue weighted by atomic mass is 19.4. The van der Waals surface area contributed by atoms with Crippen LogP contribution in [0.15, 0.2) is 90.2 Å². The van der Waals surface area contributed by atoms with Gasteiger partial charge in [-0.15, -0.1) is 0 Å². The third kappa shape index (κ3) is 4.93. The van der Waals surface area contributed by atoms with Crippen LogP contribution in [0.25, 0.3) is 6.08 Å². The highest BCUT2D eigenvalue weighted by molar-refractivity contribution is 6.08. The lowest BCUT2D eigenvalue weighted by Crippen LogP contribution is -2.30. The van der Waals surface area contributed by atoms with Crippen LogP contribution in [0.2, 0.25) is 0 Å². The second kappa shape index (κ2) is 10.2. The number of allylic oxidation sites excluding steroid dienone is 1. The second-order valence-electron chi connectivity index (χ2n) is 8.13. The van der Waals surface area contributed by atoms with Crippen LogP contribution in [0.3, 0.4) is 0 Å². The van der Waals surface area contributed by atoms with Crippen LogP contribution in [0.1, 0.15) is 29.2 Å². The molecule has 0 aliphatic carbocycles. The van der Waals surface area contributed by atoms with E-state index in [2.05, 4.69) is 0 Å². The van der Waals surface area contributed by atoms with Crippen molar-refractivity contribution in [2.24, 2.45) is 0 Å². The van der Waals surface area contributed by atoms with Gasteiger partial charge in [-0.25, -0.2) is 0 Å². The summed E-state index contributed by atoms with van der Waals surface area (Å²) in [6.45, 7) is 0. The largest absolute Gasteiger partial charge is 0.503 e. The van der Waals surface area contributed by atoms with Crippen LogP contribution in [-0.2, 0) is 11.0 Å². The van der Waals surface area contributed by atoms with Gasteiger partial charge < -0.3 is 14.6 Å². The van der Waals surface area contributed by atoms with Gasteiger partial charge in [0.05, 0.1) is 25.8 Å². The third-order valence-electron chi connectivity index (χ3n) is 5.94. The van der Waals surface area contributed by atoms with Gasteiger partial charge in [0, 0.05) is 11.3 Å². The van der Waals surface area contributed by atoms with Gasteiger partial charge in [0.25, 0.3) is 5.91 Å². The number of nitrogens with zero attached hydrogens (tertiary/aromatic N) is 1. The van der Waals surface area contributed by atoms with E-state index in [0.29, 0.717) is 22.6 Å². The Morgan fingerprint density at radius 3 is 2.33 bits per heavy atom. The molecular weight excluding hydrogens is 471 g/mol. The number of amides is 1. The van der Waals surface area contributed by atoms with E-state index in [1.54, 1.807) is 24.3 Å². The van der Waals surface area contributed by atoms with Gasteiger partial charge in [0.1, 0.15) is 0 Å². The fourth-order valence-corrected chi connectivity index (χ4v) is 4.22. The Bertz CT molecular complexity index is 1320. The van der Waals surface area contributed by atoms with Crippen LogP contribution in [-0.4, -0.2) is 25.2 Å². The topological polar surface area (TPSA) is 59.0 Å². The molecule has 1 atom stereocenters. The van der Waals surface area contributed by atoms with Crippen molar-refractivity contribution < 1.29 is 32.5 Å². The normalized spacial score (nSPS) is 16.2. The molecule has 0 saturated carbocycles. The average Bonchev–Trinajstić information content (AvgIpc) is 3.13. The first-order valence-electron chi connectivity index (χ1n) is 11.1. The first kappa shape index (κ1) is 24.9. The quantitative estimate of drug-likeness (QED) is 0.395. The summed E-state index contributed by atoms with van der Waals surface area (Å²) < 4.78 is 51.0. The van der Waals surface area contributed by atoms with E-state index in [9.17, 15) is 23.1 Å². The lowest BCUT2D eigenvalue weighted by molar-refractivity contribution is -0.137. The predicted octanol–water partition coefficient (Wildman–Crippen LogP) is 6.73. The minimum absolute atomic E-state index is 0.0169. The molecule has 0 bridgehead atoms. The zero-order valence-electron chi connectivity index (χ0n) is 19.6. The SMILES string of the molecule is COc1ccc(C2C(CC=Cc3ccccc3)=C(O)C(=O)N2c2cccc(C(F)(F)F)c2)cc1OC. The number of hydrogen-bond acceptors (Lipinski definition) is 4. The van der Waals surface area contributed by atoms with Gasteiger partial charge in [-0.2, -0.15) is 13.2 Å². The Balaban J connectivity index is 1.80. The summed E-state index contributed by atoms with van der Waals surface area (Å²) in [6, 6.07) is 18.1. The lowest BCUT2D eigenvalue weighted by atomic mass is 9.95. The number of halogens is 3. The Kier molecular flexibility index (Phi) is 7.05. The molecule has 186 valence electrons. The van der Waals surface area contributed by atoms with Crippen LogP contribution >= 0.6 is 0 Å². The molecule has 1 N–H and O–H groups in total. The molecule has 4 rings (SSSR count). The van der Waals surface area contributed by atoms with Crippen LogP contribution in [0, 0.1) is 0 Å². The molecule has 8 heteroatoms. The maximum Gasteiger partial charge on any atom is 0.416 e. The molecule has 3 aromatic rings. The number of alkyl halides is 3. The van der Waals surface area contributed by atoms with Gasteiger partial charge in [-0.1, -0.05) is 54.6 Å². The lowest BCUT2D eigenvalue weighted by Gasteiger charge is -2.28.